The SMILES string of the molecule is CCc1nn(C)c(Nc2ccccc2C#N)c1N. The van der Waals surface area contributed by atoms with Crippen molar-refractivity contribution in [2.45, 2.75) is 13.3 Å². The second-order valence-corrected chi connectivity index (χ2v) is 3.97. The van der Waals surface area contributed by atoms with Crippen LogP contribution in [0.5, 0.6) is 0 Å². The number of benzene rings is 1. The van der Waals surface area contributed by atoms with Gasteiger partial charge in [-0.1, -0.05) is 19.1 Å². The molecule has 3 N–H and O–H groups in total. The van der Waals surface area contributed by atoms with Crippen molar-refractivity contribution < 1.29 is 0 Å². The van der Waals surface area contributed by atoms with Crippen molar-refractivity contribution in [3.8, 4) is 6.07 Å². The molecule has 0 bridgehead atoms. The van der Waals surface area contributed by atoms with Gasteiger partial charge in [0.2, 0.25) is 0 Å². The summed E-state index contributed by atoms with van der Waals surface area (Å²) >= 11 is 0. The van der Waals surface area contributed by atoms with Gasteiger partial charge in [0.15, 0.2) is 5.82 Å². The van der Waals surface area contributed by atoms with E-state index < -0.39 is 0 Å². The largest absolute Gasteiger partial charge is 0.394 e. The average Bonchev–Trinajstić information content (AvgIpc) is 2.66. The second kappa shape index (κ2) is 4.80. The van der Waals surface area contributed by atoms with Gasteiger partial charge in [-0.3, -0.25) is 4.68 Å². The normalized spacial score (nSPS) is 10.1. The smallest absolute Gasteiger partial charge is 0.152 e. The number of anilines is 3. The summed E-state index contributed by atoms with van der Waals surface area (Å²) in [7, 11) is 1.83. The zero-order valence-corrected chi connectivity index (χ0v) is 10.4. The predicted octanol–water partition coefficient (Wildman–Crippen LogP) is 2.18. The lowest BCUT2D eigenvalue weighted by atomic mass is 10.2. The maximum absolute atomic E-state index is 9.04. The minimum absolute atomic E-state index is 0.580. The molecular weight excluding hydrogens is 226 g/mol. The summed E-state index contributed by atoms with van der Waals surface area (Å²) in [6, 6.07) is 9.44. The molecule has 18 heavy (non-hydrogen) atoms. The van der Waals surface area contributed by atoms with E-state index in [4.69, 9.17) is 11.0 Å². The molecule has 0 aliphatic heterocycles. The van der Waals surface area contributed by atoms with E-state index in [1.54, 1.807) is 10.7 Å². The Kier molecular flexibility index (Phi) is 3.20. The highest BCUT2D eigenvalue weighted by Gasteiger charge is 2.13. The van der Waals surface area contributed by atoms with E-state index in [-0.39, 0.29) is 0 Å². The van der Waals surface area contributed by atoms with Gasteiger partial charge in [-0.05, 0) is 18.6 Å². The van der Waals surface area contributed by atoms with Crippen LogP contribution in [-0.2, 0) is 13.5 Å². The van der Waals surface area contributed by atoms with Crippen molar-refractivity contribution >= 4 is 17.2 Å². The number of aromatic nitrogens is 2. The van der Waals surface area contributed by atoms with Gasteiger partial charge in [0.1, 0.15) is 6.07 Å². The van der Waals surface area contributed by atoms with Gasteiger partial charge in [0, 0.05) is 7.05 Å². The molecule has 2 rings (SSSR count). The number of nitriles is 1. The Balaban J connectivity index is 2.41. The molecule has 1 aromatic carbocycles. The summed E-state index contributed by atoms with van der Waals surface area (Å²) in [5.74, 6) is 0.717. The third-order valence-corrected chi connectivity index (χ3v) is 2.80. The number of hydrogen-bond acceptors (Lipinski definition) is 4. The molecule has 0 unspecified atom stereocenters. The lowest BCUT2D eigenvalue weighted by Gasteiger charge is -2.08. The topological polar surface area (TPSA) is 79.7 Å². The molecule has 5 nitrogen and oxygen atoms in total. The Bertz CT molecular complexity index is 606. The Morgan fingerprint density at radius 3 is 2.78 bits per heavy atom. The van der Waals surface area contributed by atoms with Crippen LogP contribution in [0, 0.1) is 11.3 Å². The minimum atomic E-state index is 0.580. The zero-order chi connectivity index (χ0) is 13.1. The molecule has 1 aromatic heterocycles. The summed E-state index contributed by atoms with van der Waals surface area (Å²) in [6.45, 7) is 2.01. The Hall–Kier alpha value is -2.48. The lowest BCUT2D eigenvalue weighted by molar-refractivity contribution is 0.753. The van der Waals surface area contributed by atoms with E-state index in [0.29, 0.717) is 11.3 Å². The molecule has 0 radical (unpaired) electrons. The fourth-order valence-corrected chi connectivity index (χ4v) is 1.82. The van der Waals surface area contributed by atoms with Crippen LogP contribution in [-0.4, -0.2) is 9.78 Å². The molecule has 0 spiro atoms. The molecule has 0 aliphatic carbocycles. The molecule has 0 atom stereocenters. The maximum atomic E-state index is 9.04. The van der Waals surface area contributed by atoms with Crippen LogP contribution in [0.15, 0.2) is 24.3 Å². The highest BCUT2D eigenvalue weighted by Crippen LogP contribution is 2.27. The minimum Gasteiger partial charge on any atom is -0.394 e. The summed E-state index contributed by atoms with van der Waals surface area (Å²) in [5, 5.41) is 16.5. The number of nitrogens with one attached hydrogen (secondary N) is 1. The number of nitrogens with two attached hydrogens (primary N) is 1. The van der Waals surface area contributed by atoms with Gasteiger partial charge in [0.05, 0.1) is 22.6 Å². The first kappa shape index (κ1) is 12.0. The van der Waals surface area contributed by atoms with Crippen molar-refractivity contribution in [3.63, 3.8) is 0 Å². The number of hydrogen-bond donors (Lipinski definition) is 2. The van der Waals surface area contributed by atoms with Crippen molar-refractivity contribution in [3.05, 3.63) is 35.5 Å². The monoisotopic (exact) mass is 241 g/mol. The Labute approximate surface area is 106 Å². The number of nitrogens with zero attached hydrogens (tertiary/aromatic N) is 3. The first-order valence-corrected chi connectivity index (χ1v) is 5.74. The fourth-order valence-electron chi connectivity index (χ4n) is 1.82. The van der Waals surface area contributed by atoms with Crippen LogP contribution in [0.25, 0.3) is 0 Å². The predicted molar refractivity (Wildman–Crippen MR) is 71.4 cm³/mol. The Morgan fingerprint density at radius 1 is 1.44 bits per heavy atom. The fraction of sp³-hybridized carbons (Fsp3) is 0.231. The molecule has 1 heterocycles. The standard InChI is InChI=1S/C13H15N5/c1-3-10-12(15)13(18(2)17-10)16-11-7-5-4-6-9(11)8-14/h4-7,16H,3,15H2,1-2H3. The van der Waals surface area contributed by atoms with E-state index in [1.165, 1.54) is 0 Å². The molecule has 0 amide bonds. The van der Waals surface area contributed by atoms with E-state index in [9.17, 15) is 0 Å². The highest BCUT2D eigenvalue weighted by molar-refractivity contribution is 5.74. The lowest BCUT2D eigenvalue weighted by Crippen LogP contribution is -2.02. The van der Waals surface area contributed by atoms with Crippen LogP contribution in [0.2, 0.25) is 0 Å². The molecule has 92 valence electrons. The van der Waals surface area contributed by atoms with Gasteiger partial charge < -0.3 is 11.1 Å². The first-order valence-electron chi connectivity index (χ1n) is 5.74. The highest BCUT2D eigenvalue weighted by atomic mass is 15.3. The number of nitrogen functional groups attached to an aromatic ring is 1. The first-order chi connectivity index (χ1) is 8.67. The van der Waals surface area contributed by atoms with Crippen molar-refractivity contribution in [2.75, 3.05) is 11.1 Å². The van der Waals surface area contributed by atoms with Gasteiger partial charge in [0.25, 0.3) is 0 Å². The number of para-hydroxylation sites is 1. The summed E-state index contributed by atoms with van der Waals surface area (Å²) < 4.78 is 1.70. The van der Waals surface area contributed by atoms with Crippen LogP contribution in [0.4, 0.5) is 17.2 Å². The third kappa shape index (κ3) is 2.00. The second-order valence-electron chi connectivity index (χ2n) is 3.97. The van der Waals surface area contributed by atoms with Crippen molar-refractivity contribution in [1.82, 2.24) is 9.78 Å². The van der Waals surface area contributed by atoms with Gasteiger partial charge in [-0.2, -0.15) is 10.4 Å². The summed E-state index contributed by atoms with van der Waals surface area (Å²) in [6.07, 6.45) is 0.779. The van der Waals surface area contributed by atoms with E-state index in [2.05, 4.69) is 16.5 Å². The van der Waals surface area contributed by atoms with E-state index in [0.717, 1.165) is 23.6 Å². The molecule has 0 saturated heterocycles. The molecule has 2 aromatic rings. The molecule has 0 fully saturated rings. The van der Waals surface area contributed by atoms with E-state index >= 15 is 0 Å². The number of aryl methyl sites for hydroxylation is 2. The Morgan fingerprint density at radius 2 is 2.17 bits per heavy atom. The van der Waals surface area contributed by atoms with Crippen LogP contribution < -0.4 is 11.1 Å². The summed E-state index contributed by atoms with van der Waals surface area (Å²) in [4.78, 5) is 0. The quantitative estimate of drug-likeness (QED) is 0.863. The molecule has 0 aliphatic rings. The van der Waals surface area contributed by atoms with Crippen molar-refractivity contribution in [2.24, 2.45) is 7.05 Å². The molecule has 0 saturated carbocycles. The average molecular weight is 241 g/mol. The summed E-state index contributed by atoms with van der Waals surface area (Å²) in [5.41, 5.74) is 8.83. The van der Waals surface area contributed by atoms with Gasteiger partial charge >= 0.3 is 0 Å². The third-order valence-electron chi connectivity index (χ3n) is 2.80. The van der Waals surface area contributed by atoms with E-state index in [1.807, 2.05) is 32.2 Å². The van der Waals surface area contributed by atoms with Crippen LogP contribution >= 0.6 is 0 Å². The number of rotatable bonds is 3. The van der Waals surface area contributed by atoms with Gasteiger partial charge in [-0.25, -0.2) is 0 Å². The van der Waals surface area contributed by atoms with Gasteiger partial charge in [-0.15, -0.1) is 0 Å². The van der Waals surface area contributed by atoms with Crippen LogP contribution in [0.1, 0.15) is 18.2 Å². The zero-order valence-electron chi connectivity index (χ0n) is 10.4. The van der Waals surface area contributed by atoms with Crippen LogP contribution in [0.3, 0.4) is 0 Å². The maximum Gasteiger partial charge on any atom is 0.152 e. The van der Waals surface area contributed by atoms with Crippen molar-refractivity contribution in [1.29, 1.82) is 5.26 Å². The molecular formula is C13H15N5. The molecule has 5 heteroatoms.